The number of hydrogen-bond acceptors (Lipinski definition) is 4. The summed E-state index contributed by atoms with van der Waals surface area (Å²) in [6.45, 7) is 0. The van der Waals surface area contributed by atoms with E-state index in [0.29, 0.717) is 4.60 Å². The zero-order valence-corrected chi connectivity index (χ0v) is 11.9. The molecule has 0 fully saturated rings. The van der Waals surface area contributed by atoms with Crippen LogP contribution >= 0.6 is 15.9 Å². The minimum atomic E-state index is -3.89. The Kier molecular flexibility index (Phi) is 3.72. The molecule has 0 saturated carbocycles. The number of sulfonamides is 1. The number of rotatable bonds is 3. The summed E-state index contributed by atoms with van der Waals surface area (Å²) in [6.07, 6.45) is 1.50. The van der Waals surface area contributed by atoms with Crippen LogP contribution in [-0.2, 0) is 10.0 Å². The highest BCUT2D eigenvalue weighted by Crippen LogP contribution is 2.23. The number of hydrogen-bond donors (Lipinski definition) is 2. The summed E-state index contributed by atoms with van der Waals surface area (Å²) < 4.78 is 40.0. The van der Waals surface area contributed by atoms with Gasteiger partial charge in [0.2, 0.25) is 0 Å². The molecule has 0 unspecified atom stereocenters. The zero-order valence-electron chi connectivity index (χ0n) is 9.47. The summed E-state index contributed by atoms with van der Waals surface area (Å²) in [5, 5.41) is 0. The number of pyridine rings is 1. The van der Waals surface area contributed by atoms with Crippen molar-refractivity contribution in [2.45, 2.75) is 4.90 Å². The van der Waals surface area contributed by atoms with Gasteiger partial charge in [0, 0.05) is 6.20 Å². The van der Waals surface area contributed by atoms with Crippen LogP contribution in [0.1, 0.15) is 0 Å². The molecule has 100 valence electrons. The molecule has 0 radical (unpaired) electrons. The molecule has 1 heterocycles. The Hall–Kier alpha value is -1.67. The number of benzene rings is 1. The monoisotopic (exact) mass is 345 g/mol. The molecule has 5 nitrogen and oxygen atoms in total. The van der Waals surface area contributed by atoms with Crippen molar-refractivity contribution in [1.29, 1.82) is 0 Å². The second-order valence-corrected chi connectivity index (χ2v) is 6.06. The van der Waals surface area contributed by atoms with Crippen LogP contribution in [0.3, 0.4) is 0 Å². The second kappa shape index (κ2) is 5.14. The van der Waals surface area contributed by atoms with Crippen LogP contribution in [0.2, 0.25) is 0 Å². The minimum Gasteiger partial charge on any atom is -0.396 e. The molecule has 2 rings (SSSR count). The Morgan fingerprint density at radius 1 is 1.32 bits per heavy atom. The maximum absolute atomic E-state index is 13.3. The van der Waals surface area contributed by atoms with Gasteiger partial charge in [0.05, 0.1) is 16.3 Å². The Bertz CT molecular complexity index is 722. The summed E-state index contributed by atoms with van der Waals surface area (Å²) >= 11 is 3.12. The Balaban J connectivity index is 2.38. The van der Waals surface area contributed by atoms with E-state index in [9.17, 15) is 12.8 Å². The predicted molar refractivity (Wildman–Crippen MR) is 73.6 cm³/mol. The number of nitrogens with zero attached hydrogens (tertiary/aromatic N) is 1. The number of halogens is 2. The van der Waals surface area contributed by atoms with E-state index in [1.807, 2.05) is 0 Å². The lowest BCUT2D eigenvalue weighted by Crippen LogP contribution is -2.14. The van der Waals surface area contributed by atoms with Gasteiger partial charge < -0.3 is 5.73 Å². The first-order valence-corrected chi connectivity index (χ1v) is 7.36. The van der Waals surface area contributed by atoms with Crippen LogP contribution < -0.4 is 10.5 Å². The van der Waals surface area contributed by atoms with E-state index >= 15 is 0 Å². The average Bonchev–Trinajstić information content (AvgIpc) is 2.35. The van der Waals surface area contributed by atoms with E-state index < -0.39 is 15.8 Å². The van der Waals surface area contributed by atoms with Gasteiger partial charge in [0.1, 0.15) is 10.4 Å². The maximum atomic E-state index is 13.3. The molecule has 0 atom stereocenters. The SMILES string of the molecule is Nc1ccc(S(=O)(=O)Nc2cccnc2Br)cc1F. The van der Waals surface area contributed by atoms with Gasteiger partial charge in [-0.25, -0.2) is 17.8 Å². The minimum absolute atomic E-state index is 0.110. The molecule has 0 aliphatic rings. The van der Waals surface area contributed by atoms with Gasteiger partial charge >= 0.3 is 0 Å². The van der Waals surface area contributed by atoms with E-state index in [-0.39, 0.29) is 16.3 Å². The zero-order chi connectivity index (χ0) is 14.0. The molecular formula is C11H9BrFN3O2S. The van der Waals surface area contributed by atoms with Crippen molar-refractivity contribution in [2.24, 2.45) is 0 Å². The molecule has 0 amide bonds. The van der Waals surface area contributed by atoms with Gasteiger partial charge in [0.15, 0.2) is 0 Å². The van der Waals surface area contributed by atoms with Gasteiger partial charge in [0.25, 0.3) is 10.0 Å². The van der Waals surface area contributed by atoms with E-state index in [1.54, 1.807) is 6.07 Å². The largest absolute Gasteiger partial charge is 0.396 e. The first-order valence-electron chi connectivity index (χ1n) is 5.08. The topological polar surface area (TPSA) is 85.1 Å². The van der Waals surface area contributed by atoms with Crippen LogP contribution in [0.15, 0.2) is 46.0 Å². The Morgan fingerprint density at radius 2 is 2.05 bits per heavy atom. The van der Waals surface area contributed by atoms with Crippen molar-refractivity contribution >= 4 is 37.3 Å². The van der Waals surface area contributed by atoms with Crippen LogP contribution in [0.25, 0.3) is 0 Å². The predicted octanol–water partition coefficient (Wildman–Crippen LogP) is 2.37. The Morgan fingerprint density at radius 3 is 2.68 bits per heavy atom. The number of nitrogen functional groups attached to an aromatic ring is 1. The molecule has 0 aliphatic heterocycles. The van der Waals surface area contributed by atoms with E-state index in [2.05, 4.69) is 25.6 Å². The van der Waals surface area contributed by atoms with Crippen molar-refractivity contribution in [1.82, 2.24) is 4.98 Å². The molecule has 2 aromatic rings. The normalized spacial score (nSPS) is 11.3. The van der Waals surface area contributed by atoms with Crippen molar-refractivity contribution in [3.63, 3.8) is 0 Å². The molecular weight excluding hydrogens is 337 g/mol. The highest BCUT2D eigenvalue weighted by molar-refractivity contribution is 9.10. The van der Waals surface area contributed by atoms with Crippen molar-refractivity contribution in [3.8, 4) is 0 Å². The third-order valence-electron chi connectivity index (χ3n) is 2.29. The highest BCUT2D eigenvalue weighted by atomic mass is 79.9. The fourth-order valence-corrected chi connectivity index (χ4v) is 2.90. The number of nitrogens with one attached hydrogen (secondary N) is 1. The molecule has 1 aromatic heterocycles. The Labute approximate surface area is 117 Å². The number of nitrogens with two attached hydrogens (primary N) is 1. The summed E-state index contributed by atoms with van der Waals surface area (Å²) in [4.78, 5) is 3.67. The molecule has 0 saturated heterocycles. The molecule has 0 spiro atoms. The summed E-state index contributed by atoms with van der Waals surface area (Å²) in [5.41, 5.74) is 5.45. The first-order chi connectivity index (χ1) is 8.90. The molecule has 3 N–H and O–H groups in total. The van der Waals surface area contributed by atoms with Gasteiger partial charge in [-0.2, -0.15) is 0 Å². The van der Waals surface area contributed by atoms with E-state index in [4.69, 9.17) is 5.73 Å². The standard InChI is InChI=1S/C11H9BrFN3O2S/c12-11-10(2-1-5-15-11)16-19(17,18)7-3-4-9(14)8(13)6-7/h1-6,16H,14H2. The summed E-state index contributed by atoms with van der Waals surface area (Å²) in [7, 11) is -3.89. The average molecular weight is 346 g/mol. The highest BCUT2D eigenvalue weighted by Gasteiger charge is 2.17. The quantitative estimate of drug-likeness (QED) is 0.660. The molecule has 1 aromatic carbocycles. The van der Waals surface area contributed by atoms with Crippen molar-refractivity contribution < 1.29 is 12.8 Å². The van der Waals surface area contributed by atoms with Crippen LogP contribution in [0, 0.1) is 5.82 Å². The fourth-order valence-electron chi connectivity index (χ4n) is 1.34. The van der Waals surface area contributed by atoms with Gasteiger partial charge in [-0.05, 0) is 46.3 Å². The first kappa shape index (κ1) is 13.8. The lowest BCUT2D eigenvalue weighted by atomic mass is 10.3. The number of aromatic nitrogens is 1. The van der Waals surface area contributed by atoms with Crippen molar-refractivity contribution in [2.75, 3.05) is 10.5 Å². The molecule has 8 heteroatoms. The number of anilines is 2. The van der Waals surface area contributed by atoms with Gasteiger partial charge in [-0.3, -0.25) is 4.72 Å². The van der Waals surface area contributed by atoms with Crippen LogP contribution in [0.5, 0.6) is 0 Å². The lowest BCUT2D eigenvalue weighted by molar-refractivity contribution is 0.596. The lowest BCUT2D eigenvalue weighted by Gasteiger charge is -2.09. The van der Waals surface area contributed by atoms with E-state index in [1.165, 1.54) is 24.4 Å². The van der Waals surface area contributed by atoms with Crippen molar-refractivity contribution in [3.05, 3.63) is 46.9 Å². The van der Waals surface area contributed by atoms with Gasteiger partial charge in [-0.1, -0.05) is 0 Å². The third kappa shape index (κ3) is 3.02. The van der Waals surface area contributed by atoms with Crippen LogP contribution in [-0.4, -0.2) is 13.4 Å². The second-order valence-electron chi connectivity index (χ2n) is 3.63. The summed E-state index contributed by atoms with van der Waals surface area (Å²) in [6, 6.07) is 6.39. The molecule has 0 bridgehead atoms. The smallest absolute Gasteiger partial charge is 0.262 e. The van der Waals surface area contributed by atoms with Crippen LogP contribution in [0.4, 0.5) is 15.8 Å². The summed E-state index contributed by atoms with van der Waals surface area (Å²) in [5.74, 6) is -0.784. The molecule has 0 aliphatic carbocycles. The van der Waals surface area contributed by atoms with E-state index in [0.717, 1.165) is 6.07 Å². The fraction of sp³-hybridized carbons (Fsp3) is 0. The van der Waals surface area contributed by atoms with Gasteiger partial charge in [-0.15, -0.1) is 0 Å². The third-order valence-corrected chi connectivity index (χ3v) is 4.28. The molecule has 19 heavy (non-hydrogen) atoms. The maximum Gasteiger partial charge on any atom is 0.262 e.